The molecule has 0 bridgehead atoms. The summed E-state index contributed by atoms with van der Waals surface area (Å²) in [6.45, 7) is 10.1. The van der Waals surface area contributed by atoms with Crippen molar-refractivity contribution in [1.82, 2.24) is 5.32 Å². The standard InChI is InChI=1S/C18H24INS/c1-5-12-20-17(13-6-8-14(19)9-7-13)15-10-11-16(21-15)18(2,3)4/h6-11,17,20H,5,12H2,1-4H3. The van der Waals surface area contributed by atoms with Crippen LogP contribution in [0.5, 0.6) is 0 Å². The molecule has 0 aliphatic rings. The zero-order chi connectivity index (χ0) is 15.5. The van der Waals surface area contributed by atoms with Gasteiger partial charge in [-0.2, -0.15) is 0 Å². The van der Waals surface area contributed by atoms with Crippen LogP contribution in [0.1, 0.15) is 55.5 Å². The second kappa shape index (κ2) is 7.25. The minimum absolute atomic E-state index is 0.226. The molecule has 2 aromatic rings. The Morgan fingerprint density at radius 1 is 1.10 bits per heavy atom. The van der Waals surface area contributed by atoms with Crippen LogP contribution in [0, 0.1) is 3.57 Å². The van der Waals surface area contributed by atoms with Gasteiger partial charge in [-0.15, -0.1) is 11.3 Å². The minimum atomic E-state index is 0.226. The molecule has 0 aliphatic heterocycles. The van der Waals surface area contributed by atoms with Crippen LogP contribution in [0.15, 0.2) is 36.4 Å². The SMILES string of the molecule is CCCNC(c1ccc(I)cc1)c1ccc(C(C)(C)C)s1. The van der Waals surface area contributed by atoms with Gasteiger partial charge >= 0.3 is 0 Å². The molecule has 0 radical (unpaired) electrons. The van der Waals surface area contributed by atoms with E-state index in [9.17, 15) is 0 Å². The van der Waals surface area contributed by atoms with Gasteiger partial charge in [0.1, 0.15) is 0 Å². The van der Waals surface area contributed by atoms with Crippen LogP contribution in [0.3, 0.4) is 0 Å². The van der Waals surface area contributed by atoms with E-state index in [4.69, 9.17) is 0 Å². The first-order valence-electron chi connectivity index (χ1n) is 7.51. The van der Waals surface area contributed by atoms with Gasteiger partial charge in [0, 0.05) is 13.3 Å². The zero-order valence-corrected chi connectivity index (χ0v) is 16.2. The highest BCUT2D eigenvalue weighted by Gasteiger charge is 2.20. The van der Waals surface area contributed by atoms with Gasteiger partial charge in [0.05, 0.1) is 6.04 Å². The average Bonchev–Trinajstić information content (AvgIpc) is 2.91. The summed E-state index contributed by atoms with van der Waals surface area (Å²) in [6.07, 6.45) is 1.15. The van der Waals surface area contributed by atoms with Crippen molar-refractivity contribution in [3.05, 3.63) is 55.3 Å². The van der Waals surface area contributed by atoms with Gasteiger partial charge in [0.25, 0.3) is 0 Å². The molecule has 3 heteroatoms. The van der Waals surface area contributed by atoms with E-state index in [0.29, 0.717) is 6.04 Å². The van der Waals surface area contributed by atoms with E-state index in [1.54, 1.807) is 0 Å². The highest BCUT2D eigenvalue weighted by Crippen LogP contribution is 2.34. The largest absolute Gasteiger partial charge is 0.306 e. The van der Waals surface area contributed by atoms with Crippen molar-refractivity contribution in [3.63, 3.8) is 0 Å². The number of thiophene rings is 1. The third-order valence-electron chi connectivity index (χ3n) is 3.45. The normalized spacial score (nSPS) is 13.4. The number of nitrogens with one attached hydrogen (secondary N) is 1. The molecule has 1 atom stereocenters. The Labute approximate surface area is 146 Å². The fourth-order valence-electron chi connectivity index (χ4n) is 2.24. The molecule has 1 unspecified atom stereocenters. The molecule has 0 saturated heterocycles. The molecule has 114 valence electrons. The summed E-state index contributed by atoms with van der Waals surface area (Å²) in [7, 11) is 0. The molecule has 0 fully saturated rings. The number of hydrogen-bond donors (Lipinski definition) is 1. The summed E-state index contributed by atoms with van der Waals surface area (Å²) in [5.74, 6) is 0. The van der Waals surface area contributed by atoms with Crippen LogP contribution in [0.25, 0.3) is 0 Å². The molecular formula is C18H24INS. The predicted octanol–water partition coefficient (Wildman–Crippen LogP) is 5.74. The van der Waals surface area contributed by atoms with E-state index >= 15 is 0 Å². The fraction of sp³-hybridized carbons (Fsp3) is 0.444. The smallest absolute Gasteiger partial charge is 0.0671 e. The molecule has 1 aromatic heterocycles. The summed E-state index contributed by atoms with van der Waals surface area (Å²) in [6, 6.07) is 13.7. The molecule has 21 heavy (non-hydrogen) atoms. The quantitative estimate of drug-likeness (QED) is 0.617. The lowest BCUT2D eigenvalue weighted by Gasteiger charge is -2.19. The van der Waals surface area contributed by atoms with Crippen LogP contribution in [-0.4, -0.2) is 6.54 Å². The highest BCUT2D eigenvalue weighted by atomic mass is 127. The summed E-state index contributed by atoms with van der Waals surface area (Å²) in [5, 5.41) is 3.69. The monoisotopic (exact) mass is 413 g/mol. The van der Waals surface area contributed by atoms with Gasteiger partial charge in [0.2, 0.25) is 0 Å². The molecule has 2 rings (SSSR count). The zero-order valence-electron chi connectivity index (χ0n) is 13.2. The van der Waals surface area contributed by atoms with Crippen LogP contribution >= 0.6 is 33.9 Å². The Morgan fingerprint density at radius 2 is 1.76 bits per heavy atom. The van der Waals surface area contributed by atoms with E-state index in [-0.39, 0.29) is 5.41 Å². The molecule has 0 amide bonds. The highest BCUT2D eigenvalue weighted by molar-refractivity contribution is 14.1. The van der Waals surface area contributed by atoms with Gasteiger partial charge in [0.15, 0.2) is 0 Å². The first-order valence-corrected chi connectivity index (χ1v) is 9.40. The lowest BCUT2D eigenvalue weighted by Crippen LogP contribution is -2.22. The van der Waals surface area contributed by atoms with Crippen molar-refractivity contribution in [2.45, 2.75) is 45.6 Å². The fourth-order valence-corrected chi connectivity index (χ4v) is 3.77. The minimum Gasteiger partial charge on any atom is -0.306 e. The van der Waals surface area contributed by atoms with E-state index in [2.05, 4.69) is 92.0 Å². The second-order valence-corrected chi connectivity index (χ2v) is 8.75. The Kier molecular flexibility index (Phi) is 5.86. The average molecular weight is 413 g/mol. The van der Waals surface area contributed by atoms with Crippen LogP contribution in [0.2, 0.25) is 0 Å². The number of benzene rings is 1. The summed E-state index contributed by atoms with van der Waals surface area (Å²) < 4.78 is 1.28. The van der Waals surface area contributed by atoms with Crippen molar-refractivity contribution in [1.29, 1.82) is 0 Å². The van der Waals surface area contributed by atoms with Crippen LogP contribution < -0.4 is 5.32 Å². The van der Waals surface area contributed by atoms with Crippen molar-refractivity contribution in [2.75, 3.05) is 6.54 Å². The van der Waals surface area contributed by atoms with Crippen molar-refractivity contribution in [2.24, 2.45) is 0 Å². The summed E-state index contributed by atoms with van der Waals surface area (Å²) in [5.41, 5.74) is 1.58. The maximum absolute atomic E-state index is 3.69. The Morgan fingerprint density at radius 3 is 2.29 bits per heavy atom. The third-order valence-corrected chi connectivity index (χ3v) is 5.75. The second-order valence-electron chi connectivity index (χ2n) is 6.39. The van der Waals surface area contributed by atoms with Gasteiger partial charge in [-0.3, -0.25) is 0 Å². The van der Waals surface area contributed by atoms with E-state index in [0.717, 1.165) is 13.0 Å². The topological polar surface area (TPSA) is 12.0 Å². The molecular weight excluding hydrogens is 389 g/mol. The first kappa shape index (κ1) is 17.0. The molecule has 1 N–H and O–H groups in total. The van der Waals surface area contributed by atoms with Crippen molar-refractivity contribution < 1.29 is 0 Å². The maximum Gasteiger partial charge on any atom is 0.0671 e. The van der Waals surface area contributed by atoms with Crippen LogP contribution in [-0.2, 0) is 5.41 Å². The predicted molar refractivity (Wildman–Crippen MR) is 102 cm³/mol. The maximum atomic E-state index is 3.69. The lowest BCUT2D eigenvalue weighted by atomic mass is 9.95. The van der Waals surface area contributed by atoms with Crippen molar-refractivity contribution >= 4 is 33.9 Å². The molecule has 0 saturated carbocycles. The van der Waals surface area contributed by atoms with Crippen LogP contribution in [0.4, 0.5) is 0 Å². The summed E-state index contributed by atoms with van der Waals surface area (Å²) >= 11 is 4.29. The van der Waals surface area contributed by atoms with Gasteiger partial charge in [-0.05, 0) is 70.8 Å². The van der Waals surface area contributed by atoms with E-state index in [1.807, 2.05) is 11.3 Å². The van der Waals surface area contributed by atoms with Gasteiger partial charge in [-0.25, -0.2) is 0 Å². The van der Waals surface area contributed by atoms with Gasteiger partial charge in [-0.1, -0.05) is 39.8 Å². The number of hydrogen-bond acceptors (Lipinski definition) is 2. The van der Waals surface area contributed by atoms with Crippen molar-refractivity contribution in [3.8, 4) is 0 Å². The Balaban J connectivity index is 2.31. The third kappa shape index (κ3) is 4.54. The molecule has 1 heterocycles. The van der Waals surface area contributed by atoms with E-state index < -0.39 is 0 Å². The molecule has 1 aromatic carbocycles. The van der Waals surface area contributed by atoms with E-state index in [1.165, 1.54) is 18.9 Å². The molecule has 0 spiro atoms. The summed E-state index contributed by atoms with van der Waals surface area (Å²) in [4.78, 5) is 2.86. The van der Waals surface area contributed by atoms with Gasteiger partial charge < -0.3 is 5.32 Å². The Bertz CT molecular complexity index is 566. The molecule has 1 nitrogen and oxygen atoms in total. The number of halogens is 1. The molecule has 0 aliphatic carbocycles. The first-order chi connectivity index (χ1) is 9.91. The number of rotatable bonds is 5. The lowest BCUT2D eigenvalue weighted by molar-refractivity contribution is 0.603. The Hall–Kier alpha value is -0.390.